The summed E-state index contributed by atoms with van der Waals surface area (Å²) in [6, 6.07) is 7.02. The summed E-state index contributed by atoms with van der Waals surface area (Å²) in [4.78, 5) is 15.3. The highest BCUT2D eigenvalue weighted by Crippen LogP contribution is 2.42. The van der Waals surface area contributed by atoms with Crippen molar-refractivity contribution in [3.05, 3.63) is 47.8 Å². The molecule has 3 aromatic rings. The van der Waals surface area contributed by atoms with Crippen molar-refractivity contribution >= 4 is 11.3 Å². The van der Waals surface area contributed by atoms with Crippen LogP contribution >= 0.6 is 0 Å². The van der Waals surface area contributed by atoms with Gasteiger partial charge in [0.15, 0.2) is 5.78 Å². The first kappa shape index (κ1) is 27.0. The average molecular weight is 518 g/mol. The van der Waals surface area contributed by atoms with E-state index in [2.05, 4.69) is 43.8 Å². The number of rotatable bonds is 12. The number of carbonyl (C=O) groups excluding carboxylic acids is 1. The molecule has 0 bridgehead atoms. The van der Waals surface area contributed by atoms with Crippen LogP contribution < -0.4 is 9.47 Å². The SMILES string of the molecule is CCN(CC)CC(C)(C)c1ccc2c(-c3cc(OC)c(C(=O)C[C@@H]4C[C@@H]4F)c(OC(F)F)c3)cnn2c1. The van der Waals surface area contributed by atoms with Gasteiger partial charge in [0, 0.05) is 36.1 Å². The Morgan fingerprint density at radius 2 is 1.89 bits per heavy atom. The molecular weight excluding hydrogens is 483 g/mol. The van der Waals surface area contributed by atoms with E-state index in [1.54, 1.807) is 16.8 Å². The van der Waals surface area contributed by atoms with E-state index in [4.69, 9.17) is 9.47 Å². The molecule has 1 aromatic carbocycles. The largest absolute Gasteiger partial charge is 0.496 e. The molecule has 1 aliphatic rings. The highest BCUT2D eigenvalue weighted by Gasteiger charge is 2.40. The molecule has 2 aromatic heterocycles. The van der Waals surface area contributed by atoms with Crippen molar-refractivity contribution in [3.63, 3.8) is 0 Å². The summed E-state index contributed by atoms with van der Waals surface area (Å²) in [5.74, 6) is -1.06. The zero-order valence-corrected chi connectivity index (χ0v) is 21.9. The highest BCUT2D eigenvalue weighted by molar-refractivity contribution is 6.03. The molecule has 4 rings (SSSR count). The van der Waals surface area contributed by atoms with Gasteiger partial charge in [-0.3, -0.25) is 4.79 Å². The molecule has 9 heteroatoms. The van der Waals surface area contributed by atoms with Crippen molar-refractivity contribution in [3.8, 4) is 22.6 Å². The molecule has 200 valence electrons. The van der Waals surface area contributed by atoms with Crippen molar-refractivity contribution in [2.24, 2.45) is 5.92 Å². The summed E-state index contributed by atoms with van der Waals surface area (Å²) in [6.45, 7) is 8.36. The van der Waals surface area contributed by atoms with E-state index < -0.39 is 24.5 Å². The Bertz CT molecular complexity index is 1270. The summed E-state index contributed by atoms with van der Waals surface area (Å²) < 4.78 is 51.9. The van der Waals surface area contributed by atoms with E-state index in [-0.39, 0.29) is 28.9 Å². The Kier molecular flexibility index (Phi) is 7.83. The van der Waals surface area contributed by atoms with Crippen LogP contribution in [-0.4, -0.2) is 59.8 Å². The second-order valence-electron chi connectivity index (χ2n) is 10.2. The summed E-state index contributed by atoms with van der Waals surface area (Å²) in [7, 11) is 1.36. The predicted molar refractivity (Wildman–Crippen MR) is 137 cm³/mol. The number of Topliss-reactive ketones (excluding diaryl/α,β-unsaturated/α-hetero) is 1. The quantitative estimate of drug-likeness (QED) is 0.269. The highest BCUT2D eigenvalue weighted by atomic mass is 19.3. The van der Waals surface area contributed by atoms with E-state index >= 15 is 0 Å². The smallest absolute Gasteiger partial charge is 0.387 e. The van der Waals surface area contributed by atoms with Gasteiger partial charge in [-0.2, -0.15) is 13.9 Å². The van der Waals surface area contributed by atoms with E-state index in [1.165, 1.54) is 13.2 Å². The lowest BCUT2D eigenvalue weighted by atomic mass is 9.85. The molecule has 6 nitrogen and oxygen atoms in total. The fourth-order valence-corrected chi connectivity index (χ4v) is 4.84. The van der Waals surface area contributed by atoms with Gasteiger partial charge in [-0.15, -0.1) is 0 Å². The Morgan fingerprint density at radius 3 is 2.49 bits per heavy atom. The lowest BCUT2D eigenvalue weighted by Gasteiger charge is -2.31. The van der Waals surface area contributed by atoms with Gasteiger partial charge in [0.05, 0.1) is 18.8 Å². The summed E-state index contributed by atoms with van der Waals surface area (Å²) in [6.07, 6.45) is 2.81. The van der Waals surface area contributed by atoms with E-state index in [0.717, 1.165) is 30.7 Å². The Labute approximate surface area is 215 Å². The summed E-state index contributed by atoms with van der Waals surface area (Å²) in [5.41, 5.74) is 2.87. The number of hydrogen-bond donors (Lipinski definition) is 0. The number of methoxy groups -OCH3 is 1. The van der Waals surface area contributed by atoms with Crippen LogP contribution in [0.1, 0.15) is 56.5 Å². The number of ether oxygens (including phenoxy) is 2. The Balaban J connectivity index is 1.73. The Hall–Kier alpha value is -3.07. The number of carbonyl (C=O) groups is 1. The molecule has 0 aliphatic heterocycles. The summed E-state index contributed by atoms with van der Waals surface area (Å²) >= 11 is 0. The number of aromatic nitrogens is 2. The van der Waals surface area contributed by atoms with Crippen molar-refractivity contribution in [2.75, 3.05) is 26.7 Å². The van der Waals surface area contributed by atoms with Crippen LogP contribution in [0.5, 0.6) is 11.5 Å². The third kappa shape index (κ3) is 5.76. The topological polar surface area (TPSA) is 56.1 Å². The van der Waals surface area contributed by atoms with Crippen molar-refractivity contribution in [1.82, 2.24) is 14.5 Å². The second kappa shape index (κ2) is 10.7. The van der Waals surface area contributed by atoms with Crippen LogP contribution in [0, 0.1) is 5.92 Å². The number of fused-ring (bicyclic) bond motifs is 1. The number of alkyl halides is 3. The minimum atomic E-state index is -3.14. The van der Waals surface area contributed by atoms with Crippen molar-refractivity contribution in [1.29, 1.82) is 0 Å². The maximum absolute atomic E-state index is 13.4. The van der Waals surface area contributed by atoms with Crippen molar-refractivity contribution in [2.45, 2.75) is 58.7 Å². The molecule has 37 heavy (non-hydrogen) atoms. The standard InChI is InChI=1S/C28H34F3N3O3/c1-6-33(7-2)16-28(3,4)19-8-9-22-20(14-32-34(22)15-19)17-12-24(36-5)26(25(13-17)37-27(30)31)23(35)11-18-10-21(18)29/h8-9,12-15,18,21,27H,6-7,10-11,16H2,1-5H3/t18-,21-/m0/s1. The zero-order valence-electron chi connectivity index (χ0n) is 21.9. The number of benzene rings is 1. The second-order valence-corrected chi connectivity index (χ2v) is 10.2. The predicted octanol–water partition coefficient (Wildman–Crippen LogP) is 6.16. The fourth-order valence-electron chi connectivity index (χ4n) is 4.84. The molecule has 1 aliphatic carbocycles. The summed E-state index contributed by atoms with van der Waals surface area (Å²) in [5, 5.41) is 4.51. The van der Waals surface area contributed by atoms with E-state index in [1.807, 2.05) is 12.3 Å². The number of nitrogens with zero attached hydrogens (tertiary/aromatic N) is 3. The first-order chi connectivity index (χ1) is 17.6. The molecule has 0 radical (unpaired) electrons. The molecule has 1 fully saturated rings. The molecule has 2 atom stereocenters. The maximum Gasteiger partial charge on any atom is 0.387 e. The number of likely N-dealkylation sites (N-methyl/N-ethyl adjacent to an activating group) is 1. The normalized spacial score (nSPS) is 17.6. The Morgan fingerprint density at radius 1 is 1.22 bits per heavy atom. The minimum Gasteiger partial charge on any atom is -0.496 e. The van der Waals surface area contributed by atoms with Gasteiger partial charge in [-0.1, -0.05) is 33.8 Å². The minimum absolute atomic E-state index is 0.0841. The van der Waals surface area contributed by atoms with Crippen LogP contribution in [0.2, 0.25) is 0 Å². The molecule has 0 amide bonds. The molecular formula is C28H34F3N3O3. The van der Waals surface area contributed by atoms with Gasteiger partial charge in [0.1, 0.15) is 23.2 Å². The number of halogens is 3. The van der Waals surface area contributed by atoms with Crippen LogP contribution in [0.3, 0.4) is 0 Å². The molecule has 0 unspecified atom stereocenters. The maximum atomic E-state index is 13.4. The first-order valence-electron chi connectivity index (χ1n) is 12.6. The van der Waals surface area contributed by atoms with Gasteiger partial charge >= 0.3 is 6.61 Å². The van der Waals surface area contributed by atoms with Crippen LogP contribution in [0.4, 0.5) is 13.2 Å². The fraction of sp³-hybridized carbons (Fsp3) is 0.500. The third-order valence-electron chi connectivity index (χ3n) is 7.19. The van der Waals surface area contributed by atoms with E-state index in [9.17, 15) is 18.0 Å². The van der Waals surface area contributed by atoms with Gasteiger partial charge in [0.25, 0.3) is 0 Å². The van der Waals surface area contributed by atoms with Crippen molar-refractivity contribution < 1.29 is 27.4 Å². The zero-order chi connectivity index (χ0) is 26.9. The van der Waals surface area contributed by atoms with Gasteiger partial charge < -0.3 is 14.4 Å². The molecule has 1 saturated carbocycles. The lowest BCUT2D eigenvalue weighted by molar-refractivity contribution is -0.0502. The molecule has 0 N–H and O–H groups in total. The molecule has 0 spiro atoms. The average Bonchev–Trinajstić information content (AvgIpc) is 3.37. The number of hydrogen-bond acceptors (Lipinski definition) is 5. The number of pyridine rings is 1. The van der Waals surface area contributed by atoms with Gasteiger partial charge in [-0.05, 0) is 48.8 Å². The van der Waals surface area contributed by atoms with E-state index in [0.29, 0.717) is 17.5 Å². The third-order valence-corrected chi connectivity index (χ3v) is 7.19. The lowest BCUT2D eigenvalue weighted by Crippen LogP contribution is -2.37. The van der Waals surface area contributed by atoms with Crippen LogP contribution in [0.25, 0.3) is 16.6 Å². The van der Waals surface area contributed by atoms with Crippen LogP contribution in [0.15, 0.2) is 36.7 Å². The monoisotopic (exact) mass is 517 g/mol. The van der Waals surface area contributed by atoms with Gasteiger partial charge in [-0.25, -0.2) is 8.91 Å². The first-order valence-corrected chi connectivity index (χ1v) is 12.6. The molecule has 2 heterocycles. The number of ketones is 1. The molecule has 0 saturated heterocycles. The van der Waals surface area contributed by atoms with Crippen LogP contribution in [-0.2, 0) is 5.41 Å². The van der Waals surface area contributed by atoms with Gasteiger partial charge in [0.2, 0.25) is 0 Å².